The summed E-state index contributed by atoms with van der Waals surface area (Å²) < 4.78 is 43.4. The lowest BCUT2D eigenvalue weighted by atomic mass is 10.2. The molecule has 0 amide bonds. The molecule has 2 aliphatic heterocycles. The maximum atomic E-state index is 12.6. The van der Waals surface area contributed by atoms with Crippen molar-refractivity contribution in [1.29, 1.82) is 0 Å². The molecule has 0 bridgehead atoms. The minimum Gasteiger partial charge on any atom is -0.439 e. The number of halogens is 3. The highest BCUT2D eigenvalue weighted by atomic mass is 19.4. The Balaban J connectivity index is 1.39. The number of nitrogens with zero attached hydrogens (tertiary/aromatic N) is 5. The van der Waals surface area contributed by atoms with Gasteiger partial charge in [-0.05, 0) is 48.4 Å². The zero-order chi connectivity index (χ0) is 21.7. The smallest absolute Gasteiger partial charge is 0.416 e. The number of benzene rings is 1. The Labute approximate surface area is 175 Å². The van der Waals surface area contributed by atoms with Gasteiger partial charge in [-0.1, -0.05) is 12.1 Å². The van der Waals surface area contributed by atoms with Crippen LogP contribution >= 0.6 is 0 Å². The van der Waals surface area contributed by atoms with E-state index in [0.717, 1.165) is 23.3 Å². The first-order chi connectivity index (χ1) is 15.0. The molecule has 0 N–H and O–H groups in total. The second kappa shape index (κ2) is 8.86. The number of ether oxygens (including phenoxy) is 1. The van der Waals surface area contributed by atoms with Gasteiger partial charge in [0.25, 0.3) is 0 Å². The fourth-order valence-corrected chi connectivity index (χ4v) is 2.81. The van der Waals surface area contributed by atoms with Crippen LogP contribution in [0.3, 0.4) is 0 Å². The highest BCUT2D eigenvalue weighted by Gasteiger charge is 2.30. The van der Waals surface area contributed by atoms with Crippen LogP contribution in [0.5, 0.6) is 11.6 Å². The van der Waals surface area contributed by atoms with Crippen molar-refractivity contribution in [2.75, 3.05) is 6.54 Å². The third kappa shape index (κ3) is 5.19. The maximum Gasteiger partial charge on any atom is 0.416 e. The summed E-state index contributed by atoms with van der Waals surface area (Å²) in [5.41, 5.74) is 1.55. The summed E-state index contributed by atoms with van der Waals surface area (Å²) in [6.45, 7) is 0.492. The van der Waals surface area contributed by atoms with Gasteiger partial charge in [-0.3, -0.25) is 4.99 Å². The number of hydrogen-bond acceptors (Lipinski definition) is 6. The molecule has 0 fully saturated rings. The SMILES string of the molecule is FC(F)(F)c1ccc(Oc2ccc(CCN=c3ncnc4nccccc3-4)cn2)cc1. The van der Waals surface area contributed by atoms with Crippen molar-refractivity contribution in [1.82, 2.24) is 19.9 Å². The summed E-state index contributed by atoms with van der Waals surface area (Å²) in [4.78, 5) is 21.4. The third-order valence-corrected chi connectivity index (χ3v) is 4.36. The fraction of sp³-hybridized carbons (Fsp3) is 0.136. The summed E-state index contributed by atoms with van der Waals surface area (Å²) in [5, 5.41) is 0. The molecule has 0 atom stereocenters. The molecule has 2 aliphatic rings. The molecule has 9 heteroatoms. The van der Waals surface area contributed by atoms with Gasteiger partial charge >= 0.3 is 6.18 Å². The van der Waals surface area contributed by atoms with Gasteiger partial charge in [-0.15, -0.1) is 0 Å². The van der Waals surface area contributed by atoms with E-state index in [1.54, 1.807) is 18.5 Å². The molecular weight excluding hydrogens is 407 g/mol. The normalized spacial score (nSPS) is 12.2. The zero-order valence-electron chi connectivity index (χ0n) is 16.1. The lowest BCUT2D eigenvalue weighted by Gasteiger charge is -2.08. The van der Waals surface area contributed by atoms with Crippen molar-refractivity contribution in [2.45, 2.75) is 12.6 Å². The van der Waals surface area contributed by atoms with Gasteiger partial charge in [0, 0.05) is 25.0 Å². The van der Waals surface area contributed by atoms with Gasteiger partial charge in [0.1, 0.15) is 12.1 Å². The molecule has 6 nitrogen and oxygen atoms in total. The molecule has 31 heavy (non-hydrogen) atoms. The van der Waals surface area contributed by atoms with Crippen LogP contribution in [-0.4, -0.2) is 26.5 Å². The van der Waals surface area contributed by atoms with Crippen molar-refractivity contribution in [3.63, 3.8) is 0 Å². The Morgan fingerprint density at radius 3 is 2.45 bits per heavy atom. The summed E-state index contributed by atoms with van der Waals surface area (Å²) in [7, 11) is 0. The molecule has 0 aliphatic carbocycles. The quantitative estimate of drug-likeness (QED) is 0.478. The topological polar surface area (TPSA) is 73.2 Å². The summed E-state index contributed by atoms with van der Waals surface area (Å²) in [5.74, 6) is 1.15. The molecule has 2 aromatic rings. The summed E-state index contributed by atoms with van der Waals surface area (Å²) >= 11 is 0. The minimum absolute atomic E-state index is 0.278. The van der Waals surface area contributed by atoms with E-state index in [4.69, 9.17) is 4.74 Å². The molecule has 0 unspecified atom stereocenters. The molecule has 1 aromatic carbocycles. The molecule has 0 saturated heterocycles. The van der Waals surface area contributed by atoms with Crippen LogP contribution in [0.25, 0.3) is 11.4 Å². The Kier molecular flexibility index (Phi) is 5.83. The van der Waals surface area contributed by atoms with Crippen LogP contribution < -0.4 is 10.2 Å². The van der Waals surface area contributed by atoms with E-state index in [-0.39, 0.29) is 5.75 Å². The van der Waals surface area contributed by atoms with Crippen LogP contribution in [0.2, 0.25) is 0 Å². The van der Waals surface area contributed by atoms with E-state index < -0.39 is 11.7 Å². The predicted octanol–water partition coefficient (Wildman–Crippen LogP) is 4.33. The lowest BCUT2D eigenvalue weighted by Crippen LogP contribution is -2.14. The van der Waals surface area contributed by atoms with Crippen molar-refractivity contribution < 1.29 is 17.9 Å². The number of rotatable bonds is 5. The van der Waals surface area contributed by atoms with Crippen LogP contribution in [0, 0.1) is 0 Å². The molecule has 0 radical (unpaired) electrons. The van der Waals surface area contributed by atoms with Crippen molar-refractivity contribution in [2.24, 2.45) is 4.99 Å². The molecule has 3 heterocycles. The van der Waals surface area contributed by atoms with Gasteiger partial charge in [-0.2, -0.15) is 13.2 Å². The summed E-state index contributed by atoms with van der Waals surface area (Å²) in [6.07, 6.45) is 0.998. The number of alkyl halides is 3. The Morgan fingerprint density at radius 2 is 1.71 bits per heavy atom. The molecule has 1 aromatic heterocycles. The van der Waals surface area contributed by atoms with Crippen LogP contribution in [-0.2, 0) is 12.6 Å². The van der Waals surface area contributed by atoms with Gasteiger partial charge in [0.15, 0.2) is 11.3 Å². The van der Waals surface area contributed by atoms with E-state index in [2.05, 4.69) is 24.9 Å². The summed E-state index contributed by atoms with van der Waals surface area (Å²) in [6, 6.07) is 13.5. The average Bonchev–Trinajstić information content (AvgIpc) is 3.01. The standard InChI is InChI=1S/C22H16F3N5O/c23-22(24,25)16-5-7-17(8-6-16)31-19-9-4-15(13-28-19)10-12-27-21-18-3-1-2-11-26-20(18)29-14-30-21/h1-9,11,13-14H,10,12H2. The number of fused-ring (bicyclic) bond motifs is 1. The Bertz CT molecular complexity index is 1200. The highest BCUT2D eigenvalue weighted by molar-refractivity contribution is 5.52. The van der Waals surface area contributed by atoms with Crippen molar-refractivity contribution >= 4 is 0 Å². The van der Waals surface area contributed by atoms with E-state index in [0.29, 0.717) is 30.2 Å². The molecule has 0 spiro atoms. The van der Waals surface area contributed by atoms with Gasteiger partial charge in [0.05, 0.1) is 11.1 Å². The number of pyridine rings is 1. The highest BCUT2D eigenvalue weighted by Crippen LogP contribution is 2.31. The molecular formula is C22H16F3N5O. The Hall–Kier alpha value is -3.88. The lowest BCUT2D eigenvalue weighted by molar-refractivity contribution is -0.137. The Morgan fingerprint density at radius 1 is 0.871 bits per heavy atom. The van der Waals surface area contributed by atoms with Gasteiger partial charge in [-0.25, -0.2) is 19.9 Å². The fourth-order valence-electron chi connectivity index (χ4n) is 2.81. The second-order valence-electron chi connectivity index (χ2n) is 6.52. The second-order valence-corrected chi connectivity index (χ2v) is 6.52. The average molecular weight is 423 g/mol. The monoisotopic (exact) mass is 423 g/mol. The van der Waals surface area contributed by atoms with E-state index in [9.17, 15) is 13.2 Å². The predicted molar refractivity (Wildman–Crippen MR) is 106 cm³/mol. The van der Waals surface area contributed by atoms with Gasteiger partial charge < -0.3 is 4.74 Å². The zero-order valence-corrected chi connectivity index (χ0v) is 16.1. The van der Waals surface area contributed by atoms with Crippen LogP contribution in [0.4, 0.5) is 13.2 Å². The molecule has 156 valence electrons. The van der Waals surface area contributed by atoms with Crippen LogP contribution in [0.15, 0.2) is 78.3 Å². The first kappa shape index (κ1) is 20.4. The molecule has 4 rings (SSSR count). The van der Waals surface area contributed by atoms with Crippen molar-refractivity contribution in [3.8, 4) is 23.0 Å². The minimum atomic E-state index is -4.38. The van der Waals surface area contributed by atoms with Gasteiger partial charge in [0.2, 0.25) is 5.88 Å². The third-order valence-electron chi connectivity index (χ3n) is 4.36. The first-order valence-corrected chi connectivity index (χ1v) is 9.36. The molecule has 0 saturated carbocycles. The van der Waals surface area contributed by atoms with E-state index in [1.807, 2.05) is 24.3 Å². The van der Waals surface area contributed by atoms with Crippen LogP contribution in [0.1, 0.15) is 11.1 Å². The van der Waals surface area contributed by atoms with E-state index in [1.165, 1.54) is 18.5 Å². The van der Waals surface area contributed by atoms with Crippen molar-refractivity contribution in [3.05, 3.63) is 89.9 Å². The number of hydrogen-bond donors (Lipinski definition) is 0. The largest absolute Gasteiger partial charge is 0.439 e. The number of aromatic nitrogens is 4. The first-order valence-electron chi connectivity index (χ1n) is 9.36. The maximum absolute atomic E-state index is 12.6. The van der Waals surface area contributed by atoms with E-state index >= 15 is 0 Å².